The van der Waals surface area contributed by atoms with Gasteiger partial charge in [-0.2, -0.15) is 4.57 Å². The molecule has 0 aromatic carbocycles. The van der Waals surface area contributed by atoms with E-state index in [4.69, 9.17) is 0 Å². The Morgan fingerprint density at radius 3 is 1.22 bits per heavy atom. The number of anilines is 2. The van der Waals surface area contributed by atoms with E-state index in [1.54, 1.807) is 0 Å². The lowest BCUT2D eigenvalue weighted by atomic mass is 10.2. The van der Waals surface area contributed by atoms with Crippen LogP contribution >= 0.6 is 45.3 Å². The van der Waals surface area contributed by atoms with Crippen molar-refractivity contribution in [2.45, 2.75) is 79.1 Å². The van der Waals surface area contributed by atoms with E-state index in [1.807, 2.05) is 45.3 Å². The molecule has 0 saturated heterocycles. The largest absolute Gasteiger partial charge is 1.00 e. The Kier molecular flexibility index (Phi) is 17.3. The van der Waals surface area contributed by atoms with Crippen molar-refractivity contribution in [1.29, 1.82) is 0 Å². The summed E-state index contributed by atoms with van der Waals surface area (Å²) in [7, 11) is 2.16. The standard InChI is InChI=1S/C42H54N3S4.HI/c1-6-10-29-44(30-11-7-2)41-27-25-39(48-41)37-23-21-35(46-37)19-17-33-15-14-16-34(43(33)5)18-20-36-22-24-38(47-36)40-26-28-42(49-40)45(31-12-8-3)32-13-9-4;/h14-28H,6-13,29-32H2,1-5H3;1H/q+1;/p-1. The third-order valence-corrected chi connectivity index (χ3v) is 13.6. The molecule has 268 valence electrons. The van der Waals surface area contributed by atoms with Gasteiger partial charge in [-0.25, -0.2) is 0 Å². The second kappa shape index (κ2) is 21.3. The van der Waals surface area contributed by atoms with E-state index in [1.165, 1.54) is 102 Å². The van der Waals surface area contributed by atoms with Gasteiger partial charge in [-0.05, 0) is 92.4 Å². The smallest absolute Gasteiger partial charge is 0.205 e. The van der Waals surface area contributed by atoms with Crippen LogP contribution in [0.5, 0.6) is 0 Å². The summed E-state index contributed by atoms with van der Waals surface area (Å²) in [6.45, 7) is 13.7. The van der Waals surface area contributed by atoms with Crippen LogP contribution in [-0.2, 0) is 7.05 Å². The minimum atomic E-state index is 0. The van der Waals surface area contributed by atoms with Gasteiger partial charge < -0.3 is 33.8 Å². The van der Waals surface area contributed by atoms with Gasteiger partial charge in [-0.1, -0.05) is 53.4 Å². The summed E-state index contributed by atoms with van der Waals surface area (Å²) < 4.78 is 2.27. The SMILES string of the molecule is CCCCN(CCCC)c1ccc(-c2ccc(/C=C/c3cccc(/C=C/c4ccc(-c5ccc(N(CCCC)CCCC)s5)s4)[n+]3C)s2)s1.[I-]. The average molecular weight is 856 g/mol. The molecule has 0 aliphatic rings. The molecular weight excluding hydrogens is 802 g/mol. The molecule has 0 unspecified atom stereocenters. The molecular formula is C42H54IN3S4. The Balaban J connectivity index is 0.00000562. The van der Waals surface area contributed by atoms with Crippen LogP contribution in [0.1, 0.15) is 100 Å². The first-order chi connectivity index (χ1) is 24.0. The average Bonchev–Trinajstić information content (AvgIpc) is 3.95. The van der Waals surface area contributed by atoms with Crippen molar-refractivity contribution in [2.24, 2.45) is 7.05 Å². The van der Waals surface area contributed by atoms with Gasteiger partial charge in [0.15, 0.2) is 0 Å². The van der Waals surface area contributed by atoms with E-state index in [0.717, 1.165) is 26.2 Å². The van der Waals surface area contributed by atoms with Crippen LogP contribution in [0.25, 0.3) is 43.8 Å². The highest BCUT2D eigenvalue weighted by atomic mass is 127. The van der Waals surface area contributed by atoms with Gasteiger partial charge in [0.05, 0.1) is 10.0 Å². The first-order valence-corrected chi connectivity index (χ1v) is 21.5. The molecule has 5 aromatic rings. The Morgan fingerprint density at radius 1 is 0.480 bits per heavy atom. The number of rotatable bonds is 20. The molecule has 8 heteroatoms. The molecule has 5 aromatic heterocycles. The molecule has 0 bridgehead atoms. The molecule has 0 atom stereocenters. The van der Waals surface area contributed by atoms with Crippen molar-refractivity contribution in [3.8, 4) is 19.5 Å². The lowest BCUT2D eigenvalue weighted by Gasteiger charge is -2.22. The minimum Gasteiger partial charge on any atom is -1.00 e. The number of pyridine rings is 1. The Bertz CT molecular complexity index is 1630. The van der Waals surface area contributed by atoms with Crippen LogP contribution in [0.3, 0.4) is 0 Å². The van der Waals surface area contributed by atoms with E-state index in [-0.39, 0.29) is 24.0 Å². The lowest BCUT2D eigenvalue weighted by molar-refractivity contribution is -0.675. The summed E-state index contributed by atoms with van der Waals surface area (Å²) >= 11 is 7.63. The third-order valence-electron chi connectivity index (χ3n) is 8.82. The second-order valence-corrected chi connectivity index (χ2v) is 17.0. The zero-order chi connectivity index (χ0) is 34.4. The van der Waals surface area contributed by atoms with Crippen molar-refractivity contribution < 1.29 is 28.5 Å². The predicted octanol–water partition coefficient (Wildman–Crippen LogP) is 10.2. The van der Waals surface area contributed by atoms with Crippen molar-refractivity contribution >= 4 is 79.7 Å². The van der Waals surface area contributed by atoms with Crippen LogP contribution in [0.4, 0.5) is 10.0 Å². The number of thiophene rings is 4. The summed E-state index contributed by atoms with van der Waals surface area (Å²) in [5, 5.41) is 2.82. The third kappa shape index (κ3) is 11.4. The Hall–Kier alpha value is -2.24. The topological polar surface area (TPSA) is 10.4 Å². The minimum absolute atomic E-state index is 0. The van der Waals surface area contributed by atoms with E-state index in [9.17, 15) is 0 Å². The van der Waals surface area contributed by atoms with Crippen molar-refractivity contribution in [2.75, 3.05) is 36.0 Å². The quantitative estimate of drug-likeness (QED) is 0.0570. The number of nitrogens with zero attached hydrogens (tertiary/aromatic N) is 3. The van der Waals surface area contributed by atoms with Crippen LogP contribution < -0.4 is 38.3 Å². The fourth-order valence-corrected chi connectivity index (χ4v) is 9.87. The molecule has 3 nitrogen and oxygen atoms in total. The van der Waals surface area contributed by atoms with Gasteiger partial charge in [-0.15, -0.1) is 45.3 Å². The molecule has 5 rings (SSSR count). The number of aromatic nitrogens is 1. The van der Waals surface area contributed by atoms with E-state index >= 15 is 0 Å². The van der Waals surface area contributed by atoms with E-state index < -0.39 is 0 Å². The zero-order valence-electron chi connectivity index (χ0n) is 30.5. The van der Waals surface area contributed by atoms with Gasteiger partial charge >= 0.3 is 0 Å². The molecule has 0 amide bonds. The van der Waals surface area contributed by atoms with Gasteiger partial charge in [-0.3, -0.25) is 0 Å². The van der Waals surface area contributed by atoms with Gasteiger partial charge in [0.25, 0.3) is 0 Å². The maximum atomic E-state index is 2.59. The molecule has 0 saturated carbocycles. The second-order valence-electron chi connectivity index (χ2n) is 12.7. The van der Waals surface area contributed by atoms with Crippen LogP contribution in [-0.4, -0.2) is 26.2 Å². The first kappa shape index (κ1) is 40.5. The van der Waals surface area contributed by atoms with E-state index in [2.05, 4.69) is 140 Å². The maximum absolute atomic E-state index is 2.59. The summed E-state index contributed by atoms with van der Waals surface area (Å²) in [5.74, 6) is 0. The molecule has 5 heterocycles. The monoisotopic (exact) mass is 855 g/mol. The van der Waals surface area contributed by atoms with Gasteiger partial charge in [0.1, 0.15) is 7.05 Å². The number of halogens is 1. The summed E-state index contributed by atoms with van der Waals surface area (Å²) in [6.07, 6.45) is 19.0. The van der Waals surface area contributed by atoms with Gasteiger partial charge in [0.2, 0.25) is 11.4 Å². The Morgan fingerprint density at radius 2 is 0.840 bits per heavy atom. The number of hydrogen-bond acceptors (Lipinski definition) is 6. The molecule has 50 heavy (non-hydrogen) atoms. The summed E-state index contributed by atoms with van der Waals surface area (Å²) in [6, 6.07) is 24.9. The lowest BCUT2D eigenvalue weighted by Crippen LogP contribution is -3.00. The fraction of sp³-hybridized carbons (Fsp3) is 0.405. The molecule has 0 N–H and O–H groups in total. The highest BCUT2D eigenvalue weighted by Crippen LogP contribution is 2.39. The van der Waals surface area contributed by atoms with Crippen molar-refractivity contribution in [3.05, 3.63) is 87.9 Å². The Labute approximate surface area is 335 Å². The number of hydrogen-bond donors (Lipinski definition) is 0. The summed E-state index contributed by atoms with van der Waals surface area (Å²) in [5.41, 5.74) is 2.37. The van der Waals surface area contributed by atoms with E-state index in [0.29, 0.717) is 0 Å². The maximum Gasteiger partial charge on any atom is 0.205 e. The summed E-state index contributed by atoms with van der Waals surface area (Å²) in [4.78, 5) is 13.2. The molecule has 0 fully saturated rings. The van der Waals surface area contributed by atoms with Crippen LogP contribution in [0.2, 0.25) is 0 Å². The normalized spacial score (nSPS) is 11.5. The van der Waals surface area contributed by atoms with Gasteiger partial charge in [0, 0.05) is 79.7 Å². The molecule has 0 radical (unpaired) electrons. The van der Waals surface area contributed by atoms with Crippen molar-refractivity contribution in [1.82, 2.24) is 0 Å². The molecule has 0 aliphatic carbocycles. The first-order valence-electron chi connectivity index (χ1n) is 18.3. The number of unbranched alkanes of at least 4 members (excludes halogenated alkanes) is 4. The van der Waals surface area contributed by atoms with Crippen LogP contribution in [0, 0.1) is 0 Å². The fourth-order valence-electron chi connectivity index (χ4n) is 5.76. The zero-order valence-corrected chi connectivity index (χ0v) is 35.9. The molecule has 0 aliphatic heterocycles. The molecule has 0 spiro atoms. The predicted molar refractivity (Wildman–Crippen MR) is 225 cm³/mol. The van der Waals surface area contributed by atoms with Crippen LogP contribution in [0.15, 0.2) is 66.7 Å². The highest BCUT2D eigenvalue weighted by Gasteiger charge is 2.14. The van der Waals surface area contributed by atoms with Crippen molar-refractivity contribution in [3.63, 3.8) is 0 Å². The highest BCUT2D eigenvalue weighted by molar-refractivity contribution is 7.25.